The lowest BCUT2D eigenvalue weighted by Gasteiger charge is -2.52. The molecule has 148 valence electrons. The van der Waals surface area contributed by atoms with Crippen LogP contribution in [0.25, 0.3) is 0 Å². The van der Waals surface area contributed by atoms with Crippen LogP contribution in [-0.2, 0) is 14.6 Å². The van der Waals surface area contributed by atoms with E-state index in [9.17, 15) is 17.6 Å². The highest BCUT2D eigenvalue weighted by Gasteiger charge is 2.52. The average Bonchev–Trinajstić information content (AvgIpc) is 3.15. The van der Waals surface area contributed by atoms with Crippen LogP contribution in [0.3, 0.4) is 0 Å². The maximum absolute atomic E-state index is 13.8. The molecule has 5 rings (SSSR count). The third kappa shape index (κ3) is 3.10. The lowest BCUT2D eigenvalue weighted by atomic mass is 9.54. The van der Waals surface area contributed by atoms with Gasteiger partial charge in [-0.3, -0.25) is 4.79 Å². The fourth-order valence-electron chi connectivity index (χ4n) is 5.14. The van der Waals surface area contributed by atoms with E-state index in [0.29, 0.717) is 23.9 Å². The van der Waals surface area contributed by atoms with Crippen molar-refractivity contribution >= 4 is 15.7 Å². The molecule has 2 bridgehead atoms. The molecule has 3 aliphatic carbocycles. The summed E-state index contributed by atoms with van der Waals surface area (Å²) in [6.07, 6.45) is 6.50. The molecule has 0 aromatic heterocycles. The Kier molecular flexibility index (Phi) is 4.41. The Hall–Kier alpha value is -1.43. The predicted octanol–water partition coefficient (Wildman–Crippen LogP) is 3.87. The van der Waals surface area contributed by atoms with E-state index in [-0.39, 0.29) is 22.8 Å². The van der Waals surface area contributed by atoms with Crippen molar-refractivity contribution in [2.24, 2.45) is 10.8 Å². The van der Waals surface area contributed by atoms with Crippen molar-refractivity contribution in [3.8, 4) is 0 Å². The Labute approximate surface area is 161 Å². The number of hydrogen-bond donors (Lipinski definition) is 0. The van der Waals surface area contributed by atoms with E-state index in [0.717, 1.165) is 44.6 Å². The molecule has 1 aromatic carbocycles. The molecule has 6 heteroatoms. The van der Waals surface area contributed by atoms with Crippen LogP contribution in [0.15, 0.2) is 23.1 Å². The van der Waals surface area contributed by atoms with Crippen LogP contribution in [0.4, 0.5) is 4.39 Å². The topological polar surface area (TPSA) is 54.5 Å². The fraction of sp³-hybridized carbons (Fsp3) is 0.667. The predicted molar refractivity (Wildman–Crippen MR) is 102 cm³/mol. The van der Waals surface area contributed by atoms with Crippen LogP contribution in [-0.4, -0.2) is 37.6 Å². The fourth-order valence-corrected chi connectivity index (χ4v) is 6.84. The standard InChI is InChI=1S/C21H28FNO3S/c1-15-3-4-16(13-18(15)22)27(25,26)17-5-12-23(14-17)19(24)21-9-6-20(2,7-10-21)8-11-21/h3-4,13,17H,5-12,14H2,1-2H3. The molecular formula is C21H28FNO3S. The van der Waals surface area contributed by atoms with E-state index in [2.05, 4.69) is 6.92 Å². The monoisotopic (exact) mass is 393 g/mol. The molecule has 3 saturated carbocycles. The van der Waals surface area contributed by atoms with Gasteiger partial charge in [0.2, 0.25) is 5.91 Å². The zero-order valence-electron chi connectivity index (χ0n) is 16.1. The van der Waals surface area contributed by atoms with E-state index >= 15 is 0 Å². The second kappa shape index (κ2) is 6.29. The van der Waals surface area contributed by atoms with Crippen molar-refractivity contribution in [2.45, 2.75) is 68.9 Å². The first-order valence-electron chi connectivity index (χ1n) is 9.95. The molecule has 0 spiro atoms. The highest BCUT2D eigenvalue weighted by molar-refractivity contribution is 7.92. The van der Waals surface area contributed by atoms with Gasteiger partial charge in [-0.25, -0.2) is 12.8 Å². The van der Waals surface area contributed by atoms with Gasteiger partial charge in [0.25, 0.3) is 0 Å². The molecule has 1 atom stereocenters. The number of benzene rings is 1. The van der Waals surface area contributed by atoms with Gasteiger partial charge in [-0.15, -0.1) is 0 Å². The highest BCUT2D eigenvalue weighted by atomic mass is 32.2. The van der Waals surface area contributed by atoms with Crippen LogP contribution in [0, 0.1) is 23.6 Å². The van der Waals surface area contributed by atoms with Gasteiger partial charge in [-0.05, 0) is 75.0 Å². The molecule has 4 nitrogen and oxygen atoms in total. The van der Waals surface area contributed by atoms with Gasteiger partial charge < -0.3 is 4.90 Å². The van der Waals surface area contributed by atoms with Gasteiger partial charge in [0, 0.05) is 18.5 Å². The Balaban J connectivity index is 1.50. The minimum absolute atomic E-state index is 0.0224. The van der Waals surface area contributed by atoms with E-state index in [4.69, 9.17) is 0 Å². The number of carbonyl (C=O) groups is 1. The van der Waals surface area contributed by atoms with Crippen molar-refractivity contribution < 1.29 is 17.6 Å². The van der Waals surface area contributed by atoms with Crippen molar-refractivity contribution in [3.63, 3.8) is 0 Å². The molecule has 1 aromatic rings. The van der Waals surface area contributed by atoms with Gasteiger partial charge >= 0.3 is 0 Å². The molecule has 1 heterocycles. The summed E-state index contributed by atoms with van der Waals surface area (Å²) in [5, 5.41) is -0.641. The molecule has 0 radical (unpaired) electrons. The number of carbonyl (C=O) groups excluding carboxylic acids is 1. The van der Waals surface area contributed by atoms with E-state index in [1.807, 2.05) is 0 Å². The van der Waals surface area contributed by atoms with E-state index in [1.54, 1.807) is 11.8 Å². The zero-order chi connectivity index (χ0) is 19.4. The molecule has 0 N–H and O–H groups in total. The number of nitrogens with zero attached hydrogens (tertiary/aromatic N) is 1. The normalized spacial score (nSPS) is 33.4. The molecule has 4 aliphatic rings. The smallest absolute Gasteiger partial charge is 0.228 e. The minimum Gasteiger partial charge on any atom is -0.341 e. The zero-order valence-corrected chi connectivity index (χ0v) is 16.9. The van der Waals surface area contributed by atoms with Crippen LogP contribution in [0.5, 0.6) is 0 Å². The quantitative estimate of drug-likeness (QED) is 0.783. The molecular weight excluding hydrogens is 365 g/mol. The summed E-state index contributed by atoms with van der Waals surface area (Å²) in [4.78, 5) is 15.0. The van der Waals surface area contributed by atoms with Gasteiger partial charge in [-0.2, -0.15) is 0 Å². The molecule has 1 amide bonds. The van der Waals surface area contributed by atoms with Gasteiger partial charge in [0.05, 0.1) is 10.1 Å². The first-order chi connectivity index (χ1) is 12.7. The third-order valence-electron chi connectivity index (χ3n) is 7.42. The lowest BCUT2D eigenvalue weighted by Crippen LogP contribution is -2.50. The number of rotatable bonds is 3. The Morgan fingerprint density at radius 3 is 2.37 bits per heavy atom. The third-order valence-corrected chi connectivity index (χ3v) is 9.59. The maximum atomic E-state index is 13.8. The Bertz CT molecular complexity index is 855. The van der Waals surface area contributed by atoms with Crippen molar-refractivity contribution in [3.05, 3.63) is 29.6 Å². The summed E-state index contributed by atoms with van der Waals surface area (Å²) < 4.78 is 39.7. The summed E-state index contributed by atoms with van der Waals surface area (Å²) in [5.74, 6) is -0.356. The first kappa shape index (κ1) is 18.9. The second-order valence-electron chi connectivity index (χ2n) is 9.21. The number of halogens is 1. The number of likely N-dealkylation sites (tertiary alicyclic amines) is 1. The Morgan fingerprint density at radius 2 is 1.78 bits per heavy atom. The van der Waals surface area contributed by atoms with Crippen molar-refractivity contribution in [1.82, 2.24) is 4.90 Å². The number of hydrogen-bond acceptors (Lipinski definition) is 3. The van der Waals surface area contributed by atoms with Crippen LogP contribution in [0.2, 0.25) is 0 Å². The van der Waals surface area contributed by atoms with Crippen molar-refractivity contribution in [2.75, 3.05) is 13.1 Å². The van der Waals surface area contributed by atoms with Gasteiger partial charge in [0.1, 0.15) is 5.82 Å². The minimum atomic E-state index is -3.64. The summed E-state index contributed by atoms with van der Waals surface area (Å²) >= 11 is 0. The number of sulfone groups is 1. The summed E-state index contributed by atoms with van der Waals surface area (Å²) in [6.45, 7) is 4.64. The average molecular weight is 394 g/mol. The molecule has 1 saturated heterocycles. The number of fused-ring (bicyclic) bond motifs is 3. The number of amides is 1. The Morgan fingerprint density at radius 1 is 1.15 bits per heavy atom. The first-order valence-corrected chi connectivity index (χ1v) is 11.5. The van der Waals surface area contributed by atoms with Crippen LogP contribution in [0.1, 0.15) is 57.4 Å². The largest absolute Gasteiger partial charge is 0.341 e. The lowest BCUT2D eigenvalue weighted by molar-refractivity contribution is -0.150. The SMILES string of the molecule is Cc1ccc(S(=O)(=O)C2CCN(C(=O)C34CCC(C)(CC3)CC4)C2)cc1F. The molecule has 4 fully saturated rings. The van der Waals surface area contributed by atoms with Crippen LogP contribution < -0.4 is 0 Å². The second-order valence-corrected chi connectivity index (χ2v) is 11.4. The van der Waals surface area contributed by atoms with E-state index in [1.165, 1.54) is 12.1 Å². The summed E-state index contributed by atoms with van der Waals surface area (Å²) in [6, 6.07) is 4.08. The summed E-state index contributed by atoms with van der Waals surface area (Å²) in [5.41, 5.74) is 0.554. The van der Waals surface area contributed by atoms with E-state index < -0.39 is 20.9 Å². The van der Waals surface area contributed by atoms with Crippen LogP contribution >= 0.6 is 0 Å². The summed E-state index contributed by atoms with van der Waals surface area (Å²) in [7, 11) is -3.64. The van der Waals surface area contributed by atoms with Gasteiger partial charge in [-0.1, -0.05) is 13.0 Å². The van der Waals surface area contributed by atoms with Crippen molar-refractivity contribution in [1.29, 1.82) is 0 Å². The van der Waals surface area contributed by atoms with Gasteiger partial charge in [0.15, 0.2) is 9.84 Å². The number of aryl methyl sites for hydroxylation is 1. The highest BCUT2D eigenvalue weighted by Crippen LogP contribution is 2.57. The molecule has 1 unspecified atom stereocenters. The molecule has 27 heavy (non-hydrogen) atoms. The molecule has 1 aliphatic heterocycles. The maximum Gasteiger partial charge on any atom is 0.228 e.